The van der Waals surface area contributed by atoms with E-state index in [1.807, 2.05) is 38.1 Å². The van der Waals surface area contributed by atoms with Gasteiger partial charge in [0.05, 0.1) is 47.6 Å². The molecule has 3 N–H and O–H groups in total. The Morgan fingerprint density at radius 1 is 1.10 bits per heavy atom. The number of aliphatic hydroxyl groups excluding tert-OH is 1. The first-order valence-corrected chi connectivity index (χ1v) is 19.0. The van der Waals surface area contributed by atoms with Crippen molar-refractivity contribution in [2.45, 2.75) is 75.0 Å². The van der Waals surface area contributed by atoms with Crippen molar-refractivity contribution in [3.63, 3.8) is 0 Å². The molecule has 2 saturated heterocycles. The molecule has 1 aromatic heterocycles. The van der Waals surface area contributed by atoms with Gasteiger partial charge in [0.2, 0.25) is 10.0 Å². The Morgan fingerprint density at radius 2 is 1.88 bits per heavy atom. The molecule has 1 amide bonds. The Morgan fingerprint density at radius 3 is 2.60 bits per heavy atom. The number of methoxy groups -OCH3 is 1. The average Bonchev–Trinajstić information content (AvgIpc) is 3.51. The highest BCUT2D eigenvalue weighted by molar-refractivity contribution is 7.89. The number of ether oxygens (including phenoxy) is 4. The van der Waals surface area contributed by atoms with Gasteiger partial charge in [-0.1, -0.05) is 37.3 Å². The summed E-state index contributed by atoms with van der Waals surface area (Å²) in [6.45, 7) is 4.77. The molecule has 2 saturated carbocycles. The van der Waals surface area contributed by atoms with E-state index in [2.05, 4.69) is 15.6 Å². The van der Waals surface area contributed by atoms with E-state index < -0.39 is 28.3 Å². The molecule has 48 heavy (non-hydrogen) atoms. The van der Waals surface area contributed by atoms with Crippen molar-refractivity contribution >= 4 is 42.8 Å². The van der Waals surface area contributed by atoms with Gasteiger partial charge in [-0.2, -0.15) is 4.31 Å². The maximum atomic E-state index is 14.2. The Bertz CT molecular complexity index is 1710. The average molecular weight is 701 g/mol. The number of nitrogens with one attached hydrogen (secondary N) is 2. The molecule has 0 radical (unpaired) electrons. The molecular formula is C34H44N4O8S2. The third kappa shape index (κ3) is 7.15. The number of carbonyl (C=O) groups is 1. The third-order valence-electron chi connectivity index (χ3n) is 9.78. The number of rotatable bonds is 14. The number of hydrogen-bond acceptors (Lipinski definition) is 11. The summed E-state index contributed by atoms with van der Waals surface area (Å²) in [7, 11) is -2.44. The minimum absolute atomic E-state index is 0.0205. The van der Waals surface area contributed by atoms with E-state index in [0.717, 1.165) is 40.2 Å². The number of amides is 1. The summed E-state index contributed by atoms with van der Waals surface area (Å²) >= 11 is 1.43. The number of nitrogens with zero attached hydrogens (tertiary/aromatic N) is 2. The van der Waals surface area contributed by atoms with Crippen LogP contribution in [-0.4, -0.2) is 92.9 Å². The Balaban J connectivity index is 1.10. The minimum atomic E-state index is -4.02. The van der Waals surface area contributed by atoms with Crippen LogP contribution in [0.15, 0.2) is 47.4 Å². The second-order valence-corrected chi connectivity index (χ2v) is 16.9. The molecule has 7 rings (SSSR count). The molecule has 260 valence electrons. The van der Waals surface area contributed by atoms with Gasteiger partial charge in [0.1, 0.15) is 11.9 Å². The number of aliphatic hydroxyl groups is 1. The first kappa shape index (κ1) is 33.5. The zero-order valence-corrected chi connectivity index (χ0v) is 29.0. The number of benzene rings is 2. The molecule has 14 heteroatoms. The lowest BCUT2D eigenvalue weighted by molar-refractivity contribution is -0.169. The number of hydrogen-bond donors (Lipinski definition) is 3. The summed E-state index contributed by atoms with van der Waals surface area (Å²) in [6, 6.07) is 11.9. The van der Waals surface area contributed by atoms with Gasteiger partial charge in [-0.05, 0) is 67.5 Å². The highest BCUT2D eigenvalue weighted by Gasteiger charge is 2.56. The number of aromatic nitrogens is 1. The number of fused-ring (bicyclic) bond motifs is 2. The highest BCUT2D eigenvalue weighted by Crippen LogP contribution is 2.49. The second kappa shape index (κ2) is 13.7. The van der Waals surface area contributed by atoms with Crippen LogP contribution < -0.4 is 15.4 Å². The number of anilines is 1. The molecule has 2 aromatic carbocycles. The van der Waals surface area contributed by atoms with Crippen LogP contribution in [0.5, 0.6) is 5.75 Å². The summed E-state index contributed by atoms with van der Waals surface area (Å²) in [4.78, 5) is 18.2. The molecule has 2 aliphatic heterocycles. The van der Waals surface area contributed by atoms with E-state index in [1.165, 1.54) is 15.6 Å². The number of sulfonamides is 1. The molecule has 4 fully saturated rings. The number of thiazole rings is 1. The van der Waals surface area contributed by atoms with Crippen LogP contribution in [0.1, 0.15) is 38.7 Å². The van der Waals surface area contributed by atoms with Gasteiger partial charge in [-0.15, -0.1) is 0 Å². The second-order valence-electron chi connectivity index (χ2n) is 13.9. The predicted molar refractivity (Wildman–Crippen MR) is 181 cm³/mol. The van der Waals surface area contributed by atoms with Crippen molar-refractivity contribution in [3.05, 3.63) is 48.0 Å². The van der Waals surface area contributed by atoms with Crippen LogP contribution in [0, 0.1) is 23.7 Å². The molecule has 7 atom stereocenters. The van der Waals surface area contributed by atoms with E-state index in [1.54, 1.807) is 25.3 Å². The van der Waals surface area contributed by atoms with Gasteiger partial charge >= 0.3 is 6.09 Å². The van der Waals surface area contributed by atoms with Gasteiger partial charge in [0.25, 0.3) is 0 Å². The zero-order valence-electron chi connectivity index (χ0n) is 27.4. The number of alkyl carbamates (subject to hydrolysis) is 1. The third-order valence-corrected chi connectivity index (χ3v) is 12.6. The standard InChI is InChI=1S/C34H44N4O8S2/c1-19(2)15-38(48(41,42)24-10-11-27-30(14-24)47-33(36-27)35-22-6-7-22)16-29(39)28(12-20-4-8-23(43-3)9-5-20)37-34(40)46-31-21-13-25-26(31)18-45-32(25)44-17-21/h4-5,8-11,14,19,21-22,25-26,28-29,31-32,39H,6-7,12-13,15-18H2,1-3H3,(H,35,36)(H,37,40)/t21?,25?,26?,28-,29+,31?,32?/m0/s1. The topological polar surface area (TPSA) is 149 Å². The van der Waals surface area contributed by atoms with E-state index >= 15 is 0 Å². The smallest absolute Gasteiger partial charge is 0.407 e. The van der Waals surface area contributed by atoms with Gasteiger partial charge in [0.15, 0.2) is 11.4 Å². The van der Waals surface area contributed by atoms with Crippen molar-refractivity contribution in [1.29, 1.82) is 0 Å². The molecule has 0 spiro atoms. The summed E-state index contributed by atoms with van der Waals surface area (Å²) in [5.74, 6) is 1.04. The summed E-state index contributed by atoms with van der Waals surface area (Å²) in [6.07, 6.45) is 0.867. The van der Waals surface area contributed by atoms with E-state index in [0.29, 0.717) is 25.0 Å². The summed E-state index contributed by atoms with van der Waals surface area (Å²) < 4.78 is 53.3. The molecule has 2 bridgehead atoms. The first-order valence-electron chi connectivity index (χ1n) is 16.8. The Hall–Kier alpha value is -3.01. The maximum absolute atomic E-state index is 14.2. The van der Waals surface area contributed by atoms with Gasteiger partial charge in [-0.3, -0.25) is 0 Å². The SMILES string of the molecule is COc1ccc(C[C@H](NC(=O)OC2C3COC4OCC2C4C3)[C@H](O)CN(CC(C)C)S(=O)(=O)c2ccc3nc(NC4CC4)sc3c2)cc1. The van der Waals surface area contributed by atoms with Gasteiger partial charge in [0, 0.05) is 36.9 Å². The van der Waals surface area contributed by atoms with E-state index in [9.17, 15) is 18.3 Å². The fourth-order valence-corrected chi connectivity index (χ4v) is 9.85. The Labute approximate surface area is 285 Å². The van der Waals surface area contributed by atoms with Gasteiger partial charge in [-0.25, -0.2) is 18.2 Å². The minimum Gasteiger partial charge on any atom is -0.497 e. The first-order chi connectivity index (χ1) is 23.1. The molecule has 3 aromatic rings. The molecule has 5 unspecified atom stereocenters. The highest BCUT2D eigenvalue weighted by atomic mass is 32.2. The molecule has 12 nitrogen and oxygen atoms in total. The zero-order chi connectivity index (χ0) is 33.6. The van der Waals surface area contributed by atoms with Crippen molar-refractivity contribution in [1.82, 2.24) is 14.6 Å². The molecule has 4 aliphatic rings. The molecule has 2 aliphatic carbocycles. The lowest BCUT2D eigenvalue weighted by Gasteiger charge is -2.31. The number of carbonyl (C=O) groups excluding carboxylic acids is 1. The van der Waals surface area contributed by atoms with Crippen LogP contribution in [0.2, 0.25) is 0 Å². The normalized spacial score (nSPS) is 26.2. The van der Waals surface area contributed by atoms with Gasteiger partial charge < -0.3 is 34.7 Å². The van der Waals surface area contributed by atoms with Crippen molar-refractivity contribution in [2.75, 3.05) is 38.7 Å². The monoisotopic (exact) mass is 700 g/mol. The maximum Gasteiger partial charge on any atom is 0.407 e. The van der Waals surface area contributed by atoms with Crippen LogP contribution in [0.3, 0.4) is 0 Å². The molecular weight excluding hydrogens is 657 g/mol. The van der Waals surface area contributed by atoms with Crippen LogP contribution in [0.25, 0.3) is 10.2 Å². The fraction of sp³-hybridized carbons (Fsp3) is 0.588. The van der Waals surface area contributed by atoms with E-state index in [-0.39, 0.29) is 60.5 Å². The molecule has 3 heterocycles. The lowest BCUT2D eigenvalue weighted by Crippen LogP contribution is -2.52. The van der Waals surface area contributed by atoms with Crippen LogP contribution >= 0.6 is 11.3 Å². The van der Waals surface area contributed by atoms with Crippen LogP contribution in [0.4, 0.5) is 9.93 Å². The summed E-state index contributed by atoms with van der Waals surface area (Å²) in [5, 5.41) is 18.8. The Kier molecular flexibility index (Phi) is 9.57. The lowest BCUT2D eigenvalue weighted by atomic mass is 9.98. The van der Waals surface area contributed by atoms with Crippen LogP contribution in [-0.2, 0) is 30.7 Å². The van der Waals surface area contributed by atoms with E-state index in [4.69, 9.17) is 18.9 Å². The quantitative estimate of drug-likeness (QED) is 0.223. The predicted octanol–water partition coefficient (Wildman–Crippen LogP) is 4.23. The fourth-order valence-electron chi connectivity index (χ4n) is 7.15. The summed E-state index contributed by atoms with van der Waals surface area (Å²) in [5.41, 5.74) is 1.57. The van der Waals surface area contributed by atoms with Crippen molar-refractivity contribution in [3.8, 4) is 5.75 Å². The van der Waals surface area contributed by atoms with Crippen molar-refractivity contribution < 1.29 is 37.3 Å². The van der Waals surface area contributed by atoms with Crippen molar-refractivity contribution in [2.24, 2.45) is 23.7 Å². The largest absolute Gasteiger partial charge is 0.497 e.